The maximum Gasteiger partial charge on any atom is 0.576 e. The van der Waals surface area contributed by atoms with Gasteiger partial charge >= 0.3 is 9.53 Å². The first-order valence-electron chi connectivity index (χ1n) is 4.83. The molecular weight excluding hydrogens is 212 g/mol. The second-order valence-corrected chi connectivity index (χ2v) is 4.60. The van der Waals surface area contributed by atoms with E-state index in [1.54, 1.807) is 21.3 Å². The molecule has 0 unspecified atom stereocenters. The van der Waals surface area contributed by atoms with Gasteiger partial charge in [0.15, 0.2) is 0 Å². The van der Waals surface area contributed by atoms with Crippen molar-refractivity contribution in [2.45, 2.75) is 20.3 Å². The SMILES string of the molecule is C=C(C)COCCC.CO[Si](OC)OC. The van der Waals surface area contributed by atoms with Gasteiger partial charge in [0.05, 0.1) is 6.61 Å². The number of ether oxygens (including phenoxy) is 1. The normalized spacial score (nSPS) is 9.73. The summed E-state index contributed by atoms with van der Waals surface area (Å²) in [5, 5.41) is 0. The van der Waals surface area contributed by atoms with Gasteiger partial charge in [-0.05, 0) is 13.3 Å². The second kappa shape index (κ2) is 13.8. The zero-order valence-corrected chi connectivity index (χ0v) is 11.5. The fourth-order valence-electron chi connectivity index (χ4n) is 0.641. The molecule has 0 atom stereocenters. The van der Waals surface area contributed by atoms with E-state index in [4.69, 9.17) is 18.0 Å². The number of rotatable bonds is 7. The molecule has 0 saturated heterocycles. The molecule has 5 heteroatoms. The van der Waals surface area contributed by atoms with Gasteiger partial charge < -0.3 is 18.0 Å². The van der Waals surface area contributed by atoms with Crippen molar-refractivity contribution in [1.82, 2.24) is 0 Å². The molecule has 0 aliphatic heterocycles. The molecule has 0 aromatic heterocycles. The van der Waals surface area contributed by atoms with E-state index in [0.717, 1.165) is 18.6 Å². The summed E-state index contributed by atoms with van der Waals surface area (Å²) in [6.45, 7) is 9.34. The van der Waals surface area contributed by atoms with Gasteiger partial charge in [-0.3, -0.25) is 0 Å². The molecule has 15 heavy (non-hydrogen) atoms. The van der Waals surface area contributed by atoms with Crippen LogP contribution in [-0.4, -0.2) is 44.1 Å². The molecule has 0 spiro atoms. The molecular formula is C10H23O4Si. The maximum atomic E-state index is 5.14. The van der Waals surface area contributed by atoms with Gasteiger partial charge in [-0.2, -0.15) is 0 Å². The Morgan fingerprint density at radius 1 is 1.13 bits per heavy atom. The van der Waals surface area contributed by atoms with Crippen LogP contribution in [-0.2, 0) is 18.0 Å². The molecule has 0 aliphatic rings. The van der Waals surface area contributed by atoms with Gasteiger partial charge in [0.1, 0.15) is 0 Å². The van der Waals surface area contributed by atoms with Crippen LogP contribution in [0.3, 0.4) is 0 Å². The Morgan fingerprint density at radius 3 is 1.80 bits per heavy atom. The quantitative estimate of drug-likeness (QED) is 0.384. The van der Waals surface area contributed by atoms with E-state index in [1.165, 1.54) is 0 Å². The van der Waals surface area contributed by atoms with E-state index in [1.807, 2.05) is 6.92 Å². The Bertz CT molecular complexity index is 132. The van der Waals surface area contributed by atoms with Crippen LogP contribution >= 0.6 is 0 Å². The van der Waals surface area contributed by atoms with Crippen LogP contribution in [0.5, 0.6) is 0 Å². The standard InChI is InChI=1S/C7H14O.C3H9O3Si/c1-4-5-8-6-7(2)3;1-4-7(5-2)6-3/h2,4-6H2,1,3H3;1-3H3. The first-order valence-corrected chi connectivity index (χ1v) is 6.05. The van der Waals surface area contributed by atoms with Crippen molar-refractivity contribution in [3.05, 3.63) is 12.2 Å². The summed E-state index contributed by atoms with van der Waals surface area (Å²) in [4.78, 5) is 0. The molecule has 0 N–H and O–H groups in total. The molecule has 0 aromatic rings. The highest BCUT2D eigenvalue weighted by Crippen LogP contribution is 1.88. The van der Waals surface area contributed by atoms with Gasteiger partial charge in [-0.1, -0.05) is 19.1 Å². The molecule has 1 radical (unpaired) electrons. The van der Waals surface area contributed by atoms with Gasteiger partial charge in [0.25, 0.3) is 0 Å². The molecule has 91 valence electrons. The van der Waals surface area contributed by atoms with E-state index < -0.39 is 9.53 Å². The second-order valence-electron chi connectivity index (χ2n) is 2.87. The molecule has 0 rings (SSSR count). The third kappa shape index (κ3) is 16.5. The summed E-state index contributed by atoms with van der Waals surface area (Å²) in [6, 6.07) is 0. The van der Waals surface area contributed by atoms with E-state index in [-0.39, 0.29) is 0 Å². The molecule has 0 aromatic carbocycles. The van der Waals surface area contributed by atoms with Crippen LogP contribution in [0.4, 0.5) is 0 Å². The Labute approximate surface area is 95.1 Å². The van der Waals surface area contributed by atoms with Crippen LogP contribution in [0.15, 0.2) is 12.2 Å². The fourth-order valence-corrected chi connectivity index (χ4v) is 1.14. The lowest BCUT2D eigenvalue weighted by molar-refractivity contribution is 0.157. The average molecular weight is 235 g/mol. The highest BCUT2D eigenvalue weighted by molar-refractivity contribution is 6.36. The fraction of sp³-hybridized carbons (Fsp3) is 0.800. The molecule has 0 saturated carbocycles. The summed E-state index contributed by atoms with van der Waals surface area (Å²) in [7, 11) is 3.31. The van der Waals surface area contributed by atoms with Crippen molar-refractivity contribution < 1.29 is 18.0 Å². The lowest BCUT2D eigenvalue weighted by atomic mass is 10.4. The molecule has 0 amide bonds. The molecule has 0 heterocycles. The predicted octanol–water partition coefficient (Wildman–Crippen LogP) is 1.90. The van der Waals surface area contributed by atoms with E-state index in [9.17, 15) is 0 Å². The molecule has 0 bridgehead atoms. The average Bonchev–Trinajstić information content (AvgIpc) is 2.21. The highest BCUT2D eigenvalue weighted by atomic mass is 28.3. The Balaban J connectivity index is 0. The van der Waals surface area contributed by atoms with Gasteiger partial charge in [-0.25, -0.2) is 0 Å². The minimum absolute atomic E-state index is 0.716. The lowest BCUT2D eigenvalue weighted by Crippen LogP contribution is -2.21. The largest absolute Gasteiger partial charge is 0.576 e. The van der Waals surface area contributed by atoms with Crippen molar-refractivity contribution in [2.75, 3.05) is 34.5 Å². The minimum Gasteiger partial charge on any atom is -0.377 e. The van der Waals surface area contributed by atoms with Gasteiger partial charge in [0.2, 0.25) is 0 Å². The van der Waals surface area contributed by atoms with Crippen LogP contribution in [0.1, 0.15) is 20.3 Å². The molecule has 0 aliphatic carbocycles. The first-order chi connectivity index (χ1) is 7.12. The topological polar surface area (TPSA) is 36.9 Å². The van der Waals surface area contributed by atoms with E-state index >= 15 is 0 Å². The summed E-state index contributed by atoms with van der Waals surface area (Å²) in [5.41, 5.74) is 1.10. The first kappa shape index (κ1) is 17.2. The number of hydrogen-bond donors (Lipinski definition) is 0. The van der Waals surface area contributed by atoms with Crippen LogP contribution < -0.4 is 0 Å². The van der Waals surface area contributed by atoms with Crippen LogP contribution in [0, 0.1) is 0 Å². The molecule has 4 nitrogen and oxygen atoms in total. The van der Waals surface area contributed by atoms with Crippen molar-refractivity contribution >= 4 is 9.53 Å². The molecule has 0 fully saturated rings. The van der Waals surface area contributed by atoms with Crippen LogP contribution in [0.25, 0.3) is 0 Å². The minimum atomic E-state index is -1.36. The van der Waals surface area contributed by atoms with E-state index in [2.05, 4.69) is 13.5 Å². The third-order valence-corrected chi connectivity index (χ3v) is 2.20. The van der Waals surface area contributed by atoms with Crippen LogP contribution in [0.2, 0.25) is 0 Å². The summed E-state index contributed by atoms with van der Waals surface area (Å²) in [6.07, 6.45) is 1.09. The van der Waals surface area contributed by atoms with Gasteiger partial charge in [0, 0.05) is 27.9 Å². The van der Waals surface area contributed by atoms with Crippen molar-refractivity contribution in [3.63, 3.8) is 0 Å². The maximum absolute atomic E-state index is 5.14. The Morgan fingerprint density at radius 2 is 1.60 bits per heavy atom. The Hall–Kier alpha value is -0.203. The van der Waals surface area contributed by atoms with Crippen molar-refractivity contribution in [2.24, 2.45) is 0 Å². The monoisotopic (exact) mass is 235 g/mol. The number of hydrogen-bond acceptors (Lipinski definition) is 4. The van der Waals surface area contributed by atoms with E-state index in [0.29, 0.717) is 6.61 Å². The van der Waals surface area contributed by atoms with Crippen molar-refractivity contribution in [1.29, 1.82) is 0 Å². The van der Waals surface area contributed by atoms with Gasteiger partial charge in [-0.15, -0.1) is 0 Å². The summed E-state index contributed by atoms with van der Waals surface area (Å²) >= 11 is 0. The summed E-state index contributed by atoms with van der Waals surface area (Å²) < 4.78 is 19.3. The zero-order valence-electron chi connectivity index (χ0n) is 10.5. The summed E-state index contributed by atoms with van der Waals surface area (Å²) in [5.74, 6) is 0. The Kier molecular flexibility index (Phi) is 15.8. The lowest BCUT2D eigenvalue weighted by Gasteiger charge is -2.02. The van der Waals surface area contributed by atoms with Crippen molar-refractivity contribution in [3.8, 4) is 0 Å². The third-order valence-electron chi connectivity index (χ3n) is 1.20. The highest BCUT2D eigenvalue weighted by Gasteiger charge is 2.09. The zero-order chi connectivity index (χ0) is 12.1. The smallest absolute Gasteiger partial charge is 0.377 e. The predicted molar refractivity (Wildman–Crippen MR) is 62.7 cm³/mol.